The second-order valence-corrected chi connectivity index (χ2v) is 5.29. The summed E-state index contributed by atoms with van der Waals surface area (Å²) in [6.45, 7) is 6.18. The normalized spacial score (nSPS) is 10.2. The van der Waals surface area contributed by atoms with Gasteiger partial charge in [-0.15, -0.1) is 0 Å². The summed E-state index contributed by atoms with van der Waals surface area (Å²) in [5, 5.41) is 0. The Bertz CT molecular complexity index is 439. The Balaban J connectivity index is 2.43. The van der Waals surface area contributed by atoms with E-state index in [1.54, 1.807) is 13.8 Å². The molecule has 0 aliphatic carbocycles. The third kappa shape index (κ3) is 8.12. The Hall–Kier alpha value is -1.84. The molecule has 0 N–H and O–H groups in total. The zero-order valence-corrected chi connectivity index (χ0v) is 13.1. The molecule has 1 aromatic carbocycles. The summed E-state index contributed by atoms with van der Waals surface area (Å²) in [4.78, 5) is 21.7. The molecule has 21 heavy (non-hydrogen) atoms. The van der Waals surface area contributed by atoms with Gasteiger partial charge >= 0.3 is 0 Å². The zero-order chi connectivity index (χ0) is 15.7. The molecule has 0 heterocycles. The maximum absolute atomic E-state index is 10.9. The maximum atomic E-state index is 10.9. The number of rotatable bonds is 10. The van der Waals surface area contributed by atoms with Gasteiger partial charge in [-0.05, 0) is 51.3 Å². The average molecular weight is 292 g/mol. The van der Waals surface area contributed by atoms with Crippen LogP contribution >= 0.6 is 0 Å². The maximum Gasteiger partial charge on any atom is 0.129 e. The van der Waals surface area contributed by atoms with Crippen LogP contribution in [-0.2, 0) is 9.59 Å². The van der Waals surface area contributed by atoms with Crippen LogP contribution < -0.4 is 9.47 Å². The fraction of sp³-hybridized carbons (Fsp3) is 0.529. The lowest BCUT2D eigenvalue weighted by atomic mass is 10.2. The molecule has 116 valence electrons. The van der Waals surface area contributed by atoms with Crippen molar-refractivity contribution in [3.05, 3.63) is 23.8 Å². The summed E-state index contributed by atoms with van der Waals surface area (Å²) in [7, 11) is 0. The van der Waals surface area contributed by atoms with Crippen molar-refractivity contribution in [2.75, 3.05) is 13.2 Å². The fourth-order valence-electron chi connectivity index (χ4n) is 1.90. The second kappa shape index (κ2) is 9.16. The zero-order valence-electron chi connectivity index (χ0n) is 13.1. The van der Waals surface area contributed by atoms with Gasteiger partial charge in [0, 0.05) is 18.9 Å². The molecule has 4 nitrogen and oxygen atoms in total. The van der Waals surface area contributed by atoms with Crippen molar-refractivity contribution in [1.82, 2.24) is 0 Å². The van der Waals surface area contributed by atoms with E-state index in [9.17, 15) is 9.59 Å². The summed E-state index contributed by atoms with van der Waals surface area (Å²) in [6.07, 6.45) is 2.52. The lowest BCUT2D eigenvalue weighted by molar-refractivity contribution is -0.118. The summed E-state index contributed by atoms with van der Waals surface area (Å²) in [5.74, 6) is 1.86. The summed E-state index contributed by atoms with van der Waals surface area (Å²) < 4.78 is 11.3. The number of carbonyl (C=O) groups is 2. The largest absolute Gasteiger partial charge is 0.493 e. The van der Waals surface area contributed by atoms with E-state index >= 15 is 0 Å². The molecular formula is C17H24O4. The highest BCUT2D eigenvalue weighted by molar-refractivity contribution is 5.75. The third-order valence-electron chi connectivity index (χ3n) is 2.91. The highest BCUT2D eigenvalue weighted by Gasteiger charge is 2.02. The molecule has 0 aliphatic heterocycles. The molecular weight excluding hydrogens is 268 g/mol. The van der Waals surface area contributed by atoms with Crippen molar-refractivity contribution in [1.29, 1.82) is 0 Å². The van der Waals surface area contributed by atoms with Crippen molar-refractivity contribution in [2.45, 2.75) is 46.5 Å². The van der Waals surface area contributed by atoms with Crippen LogP contribution in [0.2, 0.25) is 0 Å². The van der Waals surface area contributed by atoms with Crippen molar-refractivity contribution in [3.8, 4) is 11.5 Å². The van der Waals surface area contributed by atoms with Crippen molar-refractivity contribution >= 4 is 11.6 Å². The standard InChI is InChI=1S/C17H24O4/c1-13-10-16(20-8-4-6-14(2)18)12-17(11-13)21-9-5-7-15(3)19/h10-12H,4-9H2,1-3H3. The molecule has 0 saturated carbocycles. The Morgan fingerprint density at radius 2 is 1.29 bits per heavy atom. The van der Waals surface area contributed by atoms with E-state index < -0.39 is 0 Å². The van der Waals surface area contributed by atoms with Crippen LogP contribution in [0.4, 0.5) is 0 Å². The van der Waals surface area contributed by atoms with Crippen LogP contribution in [0.25, 0.3) is 0 Å². The predicted octanol–water partition coefficient (Wildman–Crippen LogP) is 3.49. The van der Waals surface area contributed by atoms with E-state index in [2.05, 4.69) is 0 Å². The number of hydrogen-bond donors (Lipinski definition) is 0. The molecule has 0 atom stereocenters. The number of Topliss-reactive ketones (excluding diaryl/α,β-unsaturated/α-hetero) is 2. The second-order valence-electron chi connectivity index (χ2n) is 5.29. The van der Waals surface area contributed by atoms with Gasteiger partial charge in [0.1, 0.15) is 23.1 Å². The number of hydrogen-bond acceptors (Lipinski definition) is 4. The molecule has 0 fully saturated rings. The summed E-state index contributed by atoms with van der Waals surface area (Å²) in [5.41, 5.74) is 1.06. The monoisotopic (exact) mass is 292 g/mol. The first-order chi connectivity index (χ1) is 9.97. The number of ether oxygens (including phenoxy) is 2. The van der Waals surface area contributed by atoms with E-state index in [4.69, 9.17) is 9.47 Å². The van der Waals surface area contributed by atoms with Gasteiger partial charge in [0.05, 0.1) is 13.2 Å². The predicted molar refractivity (Wildman–Crippen MR) is 82.0 cm³/mol. The van der Waals surface area contributed by atoms with E-state index in [1.165, 1.54) is 0 Å². The molecule has 1 aromatic rings. The van der Waals surface area contributed by atoms with Crippen LogP contribution in [0.5, 0.6) is 11.5 Å². The van der Waals surface area contributed by atoms with Crippen LogP contribution in [0.15, 0.2) is 18.2 Å². The van der Waals surface area contributed by atoms with Gasteiger partial charge in [-0.1, -0.05) is 0 Å². The third-order valence-corrected chi connectivity index (χ3v) is 2.91. The molecule has 1 rings (SSSR count). The molecule has 4 heteroatoms. The quantitative estimate of drug-likeness (QED) is 0.619. The Kier molecular flexibility index (Phi) is 7.51. The van der Waals surface area contributed by atoms with Crippen LogP contribution in [0.3, 0.4) is 0 Å². The van der Waals surface area contributed by atoms with Crippen molar-refractivity contribution < 1.29 is 19.1 Å². The molecule has 0 unspecified atom stereocenters. The Labute approximate surface area is 126 Å². The van der Waals surface area contributed by atoms with Gasteiger partial charge in [-0.3, -0.25) is 0 Å². The molecule has 0 aliphatic rings. The van der Waals surface area contributed by atoms with Gasteiger partial charge in [0.2, 0.25) is 0 Å². The highest BCUT2D eigenvalue weighted by atomic mass is 16.5. The van der Waals surface area contributed by atoms with Crippen LogP contribution in [0, 0.1) is 6.92 Å². The lowest BCUT2D eigenvalue weighted by Crippen LogP contribution is -2.03. The smallest absolute Gasteiger partial charge is 0.129 e. The van der Waals surface area contributed by atoms with Crippen molar-refractivity contribution in [3.63, 3.8) is 0 Å². The van der Waals surface area contributed by atoms with E-state index in [0.29, 0.717) is 26.1 Å². The van der Waals surface area contributed by atoms with E-state index in [-0.39, 0.29) is 11.6 Å². The van der Waals surface area contributed by atoms with Gasteiger partial charge in [-0.25, -0.2) is 0 Å². The lowest BCUT2D eigenvalue weighted by Gasteiger charge is -2.10. The van der Waals surface area contributed by atoms with Gasteiger partial charge in [-0.2, -0.15) is 0 Å². The van der Waals surface area contributed by atoms with E-state index in [1.807, 2.05) is 25.1 Å². The number of benzene rings is 1. The highest BCUT2D eigenvalue weighted by Crippen LogP contribution is 2.23. The van der Waals surface area contributed by atoms with Crippen LogP contribution in [-0.4, -0.2) is 24.8 Å². The van der Waals surface area contributed by atoms with Gasteiger partial charge in [0.25, 0.3) is 0 Å². The SMILES string of the molecule is CC(=O)CCCOc1cc(C)cc(OCCCC(C)=O)c1. The topological polar surface area (TPSA) is 52.6 Å². The summed E-state index contributed by atoms with van der Waals surface area (Å²) >= 11 is 0. The fourth-order valence-corrected chi connectivity index (χ4v) is 1.90. The summed E-state index contributed by atoms with van der Waals surface area (Å²) in [6, 6.07) is 5.72. The number of carbonyl (C=O) groups excluding carboxylic acids is 2. The Morgan fingerprint density at radius 3 is 1.67 bits per heavy atom. The van der Waals surface area contributed by atoms with E-state index in [0.717, 1.165) is 29.9 Å². The van der Waals surface area contributed by atoms with Gasteiger partial charge in [0.15, 0.2) is 0 Å². The van der Waals surface area contributed by atoms with Crippen LogP contribution in [0.1, 0.15) is 45.1 Å². The molecule has 0 radical (unpaired) electrons. The first-order valence-electron chi connectivity index (χ1n) is 7.33. The number of aryl methyl sites for hydroxylation is 1. The van der Waals surface area contributed by atoms with Gasteiger partial charge < -0.3 is 19.1 Å². The minimum atomic E-state index is 0.178. The molecule has 0 bridgehead atoms. The minimum absolute atomic E-state index is 0.178. The first kappa shape index (κ1) is 17.2. The first-order valence-corrected chi connectivity index (χ1v) is 7.33. The number of ketones is 2. The molecule has 0 saturated heterocycles. The molecule has 0 aromatic heterocycles. The minimum Gasteiger partial charge on any atom is -0.493 e. The average Bonchev–Trinajstić information content (AvgIpc) is 2.39. The molecule has 0 amide bonds. The molecule has 0 spiro atoms. The van der Waals surface area contributed by atoms with Crippen molar-refractivity contribution in [2.24, 2.45) is 0 Å². The Morgan fingerprint density at radius 1 is 0.857 bits per heavy atom.